The van der Waals surface area contributed by atoms with E-state index in [4.69, 9.17) is 4.42 Å². The highest BCUT2D eigenvalue weighted by Gasteiger charge is 2.18. The van der Waals surface area contributed by atoms with Crippen molar-refractivity contribution in [2.45, 2.75) is 0 Å². The fourth-order valence-electron chi connectivity index (χ4n) is 8.56. The van der Waals surface area contributed by atoms with Gasteiger partial charge in [-0.2, -0.15) is 0 Å². The van der Waals surface area contributed by atoms with Gasteiger partial charge in [0.05, 0.1) is 5.69 Å². The Hall–Kier alpha value is -7.42. The van der Waals surface area contributed by atoms with Gasteiger partial charge in [-0.15, -0.1) is 0 Å². The van der Waals surface area contributed by atoms with Crippen molar-refractivity contribution in [3.05, 3.63) is 212 Å². The van der Waals surface area contributed by atoms with Crippen molar-refractivity contribution in [1.29, 1.82) is 0 Å². The molecule has 0 unspecified atom stereocenters. The minimum atomic E-state index is 0.901. The summed E-state index contributed by atoms with van der Waals surface area (Å²) >= 11 is 0. The van der Waals surface area contributed by atoms with Gasteiger partial charge in [-0.1, -0.05) is 164 Å². The fourth-order valence-corrected chi connectivity index (χ4v) is 8.56. The van der Waals surface area contributed by atoms with E-state index in [1.807, 2.05) is 0 Å². The Morgan fingerprint density at radius 1 is 0.321 bits per heavy atom. The van der Waals surface area contributed by atoms with Crippen LogP contribution in [0.1, 0.15) is 0 Å². The summed E-state index contributed by atoms with van der Waals surface area (Å²) in [5.41, 5.74) is 12.3. The lowest BCUT2D eigenvalue weighted by atomic mass is 9.95. The second-order valence-electron chi connectivity index (χ2n) is 14.5. The Balaban J connectivity index is 0.999. The van der Waals surface area contributed by atoms with Gasteiger partial charge in [0.1, 0.15) is 11.2 Å². The van der Waals surface area contributed by atoms with Crippen molar-refractivity contribution in [2.24, 2.45) is 0 Å². The molecule has 0 spiro atoms. The molecule has 0 saturated carbocycles. The maximum atomic E-state index is 6.53. The molecule has 0 aliphatic carbocycles. The van der Waals surface area contributed by atoms with E-state index in [2.05, 4.69) is 217 Å². The number of hydrogen-bond donors (Lipinski definition) is 0. The molecular weight excluding hydrogens is 679 g/mol. The van der Waals surface area contributed by atoms with Gasteiger partial charge in [-0.3, -0.25) is 0 Å². The van der Waals surface area contributed by atoms with Gasteiger partial charge in [0.15, 0.2) is 0 Å². The third-order valence-corrected chi connectivity index (χ3v) is 11.3. The van der Waals surface area contributed by atoms with Crippen LogP contribution in [0.5, 0.6) is 0 Å². The molecule has 0 bridgehead atoms. The summed E-state index contributed by atoms with van der Waals surface area (Å²) < 4.78 is 6.53. The molecule has 0 fully saturated rings. The zero-order valence-electron chi connectivity index (χ0n) is 30.6. The predicted molar refractivity (Wildman–Crippen MR) is 237 cm³/mol. The maximum Gasteiger partial charge on any atom is 0.143 e. The second kappa shape index (κ2) is 13.2. The van der Waals surface area contributed by atoms with Crippen LogP contribution in [-0.4, -0.2) is 0 Å². The minimum Gasteiger partial charge on any atom is -0.455 e. The third kappa shape index (κ3) is 5.34. The molecule has 0 amide bonds. The summed E-state index contributed by atoms with van der Waals surface area (Å²) in [7, 11) is 0. The minimum absolute atomic E-state index is 0.901. The molecule has 2 nitrogen and oxygen atoms in total. The van der Waals surface area contributed by atoms with E-state index in [1.165, 1.54) is 49.2 Å². The summed E-state index contributed by atoms with van der Waals surface area (Å²) in [4.78, 5) is 2.38. The largest absolute Gasteiger partial charge is 0.455 e. The molecule has 56 heavy (non-hydrogen) atoms. The second-order valence-corrected chi connectivity index (χ2v) is 14.5. The number of fused-ring (bicyclic) bond motifs is 7. The van der Waals surface area contributed by atoms with E-state index >= 15 is 0 Å². The molecule has 1 heterocycles. The van der Waals surface area contributed by atoms with Crippen molar-refractivity contribution < 1.29 is 4.42 Å². The average Bonchev–Trinajstić information content (AvgIpc) is 3.67. The van der Waals surface area contributed by atoms with E-state index in [9.17, 15) is 0 Å². The molecular formula is C54H35NO. The lowest BCUT2D eigenvalue weighted by Gasteiger charge is -2.27. The van der Waals surface area contributed by atoms with Crippen LogP contribution in [0.3, 0.4) is 0 Å². The van der Waals surface area contributed by atoms with Crippen molar-refractivity contribution >= 4 is 71.3 Å². The molecule has 0 saturated heterocycles. The summed E-state index contributed by atoms with van der Waals surface area (Å²) in [6, 6.07) is 76.4. The van der Waals surface area contributed by atoms with Crippen LogP contribution in [-0.2, 0) is 0 Å². The Labute approximate surface area is 325 Å². The van der Waals surface area contributed by atoms with Gasteiger partial charge in [0, 0.05) is 32.9 Å². The van der Waals surface area contributed by atoms with E-state index in [0.717, 1.165) is 55.5 Å². The highest BCUT2D eigenvalue weighted by atomic mass is 16.3. The van der Waals surface area contributed by atoms with Crippen LogP contribution in [0.15, 0.2) is 217 Å². The lowest BCUT2D eigenvalue weighted by Crippen LogP contribution is -2.10. The quantitative estimate of drug-likeness (QED) is 0.171. The van der Waals surface area contributed by atoms with Crippen LogP contribution in [0.2, 0.25) is 0 Å². The van der Waals surface area contributed by atoms with Gasteiger partial charge in [-0.05, 0) is 103 Å². The molecule has 10 aromatic carbocycles. The van der Waals surface area contributed by atoms with Crippen LogP contribution in [0.25, 0.3) is 87.6 Å². The molecule has 0 N–H and O–H groups in total. The standard InChI is InChI=1S/C54H35NO/c1-4-18-45-37(11-1)14-8-21-46(45)42-17-7-16-41(35-42)36-25-30-43(31-26-36)55(51-23-9-15-38-12-2-5-19-47(38)51)44-32-27-40(28-33-44)48-22-10-24-52-53(48)50-34-29-39-13-3-6-20-49(39)54(50)56-52/h1-35H. The first kappa shape index (κ1) is 32.0. The number of benzene rings is 10. The van der Waals surface area contributed by atoms with Crippen LogP contribution in [0, 0.1) is 0 Å². The zero-order chi connectivity index (χ0) is 37.0. The Morgan fingerprint density at radius 2 is 0.875 bits per heavy atom. The molecule has 0 radical (unpaired) electrons. The smallest absolute Gasteiger partial charge is 0.143 e. The topological polar surface area (TPSA) is 16.4 Å². The summed E-state index contributed by atoms with van der Waals surface area (Å²) in [5, 5.41) is 9.53. The summed E-state index contributed by atoms with van der Waals surface area (Å²) in [6.45, 7) is 0. The van der Waals surface area contributed by atoms with Crippen molar-refractivity contribution in [3.8, 4) is 33.4 Å². The van der Waals surface area contributed by atoms with Crippen molar-refractivity contribution in [2.75, 3.05) is 4.90 Å². The van der Waals surface area contributed by atoms with Gasteiger partial charge in [0.25, 0.3) is 0 Å². The average molecular weight is 714 g/mol. The Morgan fingerprint density at radius 3 is 1.64 bits per heavy atom. The predicted octanol–water partition coefficient (Wildman–Crippen LogP) is 15.5. The number of nitrogens with zero attached hydrogens (tertiary/aromatic N) is 1. The molecule has 0 aliphatic heterocycles. The SMILES string of the molecule is c1cc(-c2ccc(N(c3ccc(-c4cccc5oc6c7ccccc7ccc6c45)cc3)c3cccc4ccccc34)cc2)cc(-c2cccc3ccccc23)c1. The molecule has 2 heteroatoms. The first-order valence-corrected chi connectivity index (χ1v) is 19.2. The van der Waals surface area contributed by atoms with Crippen LogP contribution in [0.4, 0.5) is 17.1 Å². The van der Waals surface area contributed by atoms with Gasteiger partial charge in [0.2, 0.25) is 0 Å². The molecule has 11 rings (SSSR count). The van der Waals surface area contributed by atoms with Crippen LogP contribution >= 0.6 is 0 Å². The number of rotatable bonds is 6. The van der Waals surface area contributed by atoms with Crippen molar-refractivity contribution in [1.82, 2.24) is 0 Å². The summed E-state index contributed by atoms with van der Waals surface area (Å²) in [6.07, 6.45) is 0. The first-order valence-electron chi connectivity index (χ1n) is 19.2. The molecule has 262 valence electrons. The van der Waals surface area contributed by atoms with Crippen LogP contribution < -0.4 is 4.90 Å². The highest BCUT2D eigenvalue weighted by Crippen LogP contribution is 2.43. The van der Waals surface area contributed by atoms with Crippen molar-refractivity contribution in [3.63, 3.8) is 0 Å². The van der Waals surface area contributed by atoms with Gasteiger partial charge >= 0.3 is 0 Å². The highest BCUT2D eigenvalue weighted by molar-refractivity contribution is 6.19. The van der Waals surface area contributed by atoms with E-state index in [-0.39, 0.29) is 0 Å². The number of hydrogen-bond acceptors (Lipinski definition) is 2. The molecule has 11 aromatic rings. The first-order chi connectivity index (χ1) is 27.8. The fraction of sp³-hybridized carbons (Fsp3) is 0. The van der Waals surface area contributed by atoms with E-state index < -0.39 is 0 Å². The normalized spacial score (nSPS) is 11.6. The molecule has 0 atom stereocenters. The Bertz CT molecular complexity index is 3230. The summed E-state index contributed by atoms with van der Waals surface area (Å²) in [5.74, 6) is 0. The maximum absolute atomic E-state index is 6.53. The van der Waals surface area contributed by atoms with Gasteiger partial charge < -0.3 is 9.32 Å². The number of furan rings is 1. The lowest BCUT2D eigenvalue weighted by molar-refractivity contribution is 0.673. The third-order valence-electron chi connectivity index (χ3n) is 11.3. The van der Waals surface area contributed by atoms with Gasteiger partial charge in [-0.25, -0.2) is 0 Å². The zero-order valence-corrected chi connectivity index (χ0v) is 30.6. The molecule has 1 aromatic heterocycles. The Kier molecular flexibility index (Phi) is 7.53. The van der Waals surface area contributed by atoms with E-state index in [0.29, 0.717) is 0 Å². The monoisotopic (exact) mass is 713 g/mol. The van der Waals surface area contributed by atoms with E-state index in [1.54, 1.807) is 0 Å². The molecule has 0 aliphatic rings. The number of anilines is 3.